The van der Waals surface area contributed by atoms with Crippen LogP contribution in [0.4, 0.5) is 0 Å². The first-order chi connectivity index (χ1) is 7.93. The number of hydrogen-bond acceptors (Lipinski definition) is 1. The molecule has 0 N–H and O–H groups in total. The lowest BCUT2D eigenvalue weighted by Gasteiger charge is -2.13. The normalized spacial score (nSPS) is 12.0. The van der Waals surface area contributed by atoms with Crippen LogP contribution < -0.4 is 0 Å². The second kappa shape index (κ2) is 4.69. The average molecular weight is 310 g/mol. The third-order valence-corrected chi connectivity index (χ3v) is 3.26. The number of hydrogen-bond donors (Lipinski definition) is 0. The maximum Gasteiger partial charge on any atom is 0.217 e. The van der Waals surface area contributed by atoms with Gasteiger partial charge < -0.3 is 4.57 Å². The van der Waals surface area contributed by atoms with Gasteiger partial charge in [0.1, 0.15) is 0 Å². The highest BCUT2D eigenvalue weighted by molar-refractivity contribution is 6.67. The first kappa shape index (κ1) is 13.0. The topological polar surface area (TPSA) is 17.8 Å². The minimum Gasteiger partial charge on any atom is -0.327 e. The van der Waals surface area contributed by atoms with Crippen molar-refractivity contribution in [3.05, 3.63) is 41.7 Å². The fourth-order valence-electron chi connectivity index (χ4n) is 1.58. The van der Waals surface area contributed by atoms with Gasteiger partial charge in [-0.2, -0.15) is 0 Å². The van der Waals surface area contributed by atoms with E-state index in [1.165, 1.54) is 0 Å². The molecule has 0 fully saturated rings. The zero-order chi connectivity index (χ0) is 12.6. The Morgan fingerprint density at radius 3 is 2.65 bits per heavy atom. The van der Waals surface area contributed by atoms with Crippen molar-refractivity contribution in [3.63, 3.8) is 0 Å². The van der Waals surface area contributed by atoms with Crippen molar-refractivity contribution >= 4 is 57.4 Å². The third-order valence-electron chi connectivity index (χ3n) is 2.34. The molecule has 0 spiro atoms. The third kappa shape index (κ3) is 2.55. The number of benzene rings is 1. The number of alkyl halides is 3. The van der Waals surface area contributed by atoms with Gasteiger partial charge in [0.25, 0.3) is 0 Å². The highest BCUT2D eigenvalue weighted by atomic mass is 35.6. The number of rotatable bonds is 2. The highest BCUT2D eigenvalue weighted by Gasteiger charge is 2.26. The molecule has 0 aliphatic rings. The van der Waals surface area contributed by atoms with Crippen molar-refractivity contribution < 1.29 is 0 Å². The van der Waals surface area contributed by atoms with E-state index in [1.807, 2.05) is 4.57 Å². The molecular formula is C11H8Cl4N2. The van der Waals surface area contributed by atoms with Crippen molar-refractivity contribution in [2.24, 2.45) is 0 Å². The second-order valence-electron chi connectivity index (χ2n) is 3.50. The molecule has 2 nitrogen and oxygen atoms in total. The largest absolute Gasteiger partial charge is 0.327 e. The number of imidazole rings is 1. The lowest BCUT2D eigenvalue weighted by atomic mass is 10.2. The molecule has 1 aromatic carbocycles. The first-order valence-corrected chi connectivity index (χ1v) is 6.27. The first-order valence-electron chi connectivity index (χ1n) is 4.76. The molecule has 6 heteroatoms. The van der Waals surface area contributed by atoms with Crippen LogP contribution >= 0.6 is 46.4 Å². The zero-order valence-corrected chi connectivity index (χ0v) is 11.7. The number of aromatic nitrogens is 2. The molecule has 2 aromatic rings. The van der Waals surface area contributed by atoms with Crippen LogP contribution in [0.2, 0.25) is 5.02 Å². The SMILES string of the molecule is C=CCn1cnc2cc(C(Cl)(Cl)Cl)c(Cl)cc21. The van der Waals surface area contributed by atoms with Gasteiger partial charge in [0.15, 0.2) is 0 Å². The van der Waals surface area contributed by atoms with E-state index in [4.69, 9.17) is 46.4 Å². The Morgan fingerprint density at radius 2 is 2.06 bits per heavy atom. The summed E-state index contributed by atoms with van der Waals surface area (Å²) < 4.78 is 0.365. The smallest absolute Gasteiger partial charge is 0.217 e. The van der Waals surface area contributed by atoms with Gasteiger partial charge in [-0.3, -0.25) is 0 Å². The number of halogens is 4. The predicted octanol–water partition coefficient (Wildman–Crippen LogP) is 4.70. The summed E-state index contributed by atoms with van der Waals surface area (Å²) in [5.74, 6) is 0. The average Bonchev–Trinajstić information content (AvgIpc) is 2.59. The summed E-state index contributed by atoms with van der Waals surface area (Å²) >= 11 is 23.6. The van der Waals surface area contributed by atoms with E-state index in [0.29, 0.717) is 17.1 Å². The molecule has 0 amide bonds. The van der Waals surface area contributed by atoms with Crippen molar-refractivity contribution in [2.75, 3.05) is 0 Å². The summed E-state index contributed by atoms with van der Waals surface area (Å²) in [6, 6.07) is 3.43. The van der Waals surface area contributed by atoms with Crippen molar-refractivity contribution in [1.82, 2.24) is 9.55 Å². The molecular weight excluding hydrogens is 302 g/mol. The Kier molecular flexibility index (Phi) is 3.60. The molecule has 1 heterocycles. The fraction of sp³-hybridized carbons (Fsp3) is 0.182. The van der Waals surface area contributed by atoms with Crippen LogP contribution in [0, 0.1) is 0 Å². The van der Waals surface area contributed by atoms with Gasteiger partial charge in [0, 0.05) is 12.1 Å². The van der Waals surface area contributed by atoms with Gasteiger partial charge in [-0.1, -0.05) is 52.5 Å². The molecule has 1 aromatic heterocycles. The molecule has 0 atom stereocenters. The Morgan fingerprint density at radius 1 is 1.35 bits per heavy atom. The van der Waals surface area contributed by atoms with E-state index in [2.05, 4.69) is 11.6 Å². The van der Waals surface area contributed by atoms with Gasteiger partial charge in [-0.15, -0.1) is 6.58 Å². The molecule has 0 saturated heterocycles. The van der Waals surface area contributed by atoms with Crippen LogP contribution in [0.15, 0.2) is 31.1 Å². The van der Waals surface area contributed by atoms with Crippen molar-refractivity contribution in [1.29, 1.82) is 0 Å². The van der Waals surface area contributed by atoms with Crippen molar-refractivity contribution in [3.8, 4) is 0 Å². The molecule has 0 radical (unpaired) electrons. The van der Waals surface area contributed by atoms with Crippen LogP contribution in [0.1, 0.15) is 5.56 Å². The van der Waals surface area contributed by atoms with Crippen LogP contribution in [0.3, 0.4) is 0 Å². The monoisotopic (exact) mass is 308 g/mol. The Labute approximate surface area is 119 Å². The van der Waals surface area contributed by atoms with Gasteiger partial charge in [0.05, 0.1) is 22.4 Å². The summed E-state index contributed by atoms with van der Waals surface area (Å²) in [7, 11) is 0. The molecule has 0 aliphatic heterocycles. The fourth-order valence-corrected chi connectivity index (χ4v) is 2.49. The summed E-state index contributed by atoms with van der Waals surface area (Å²) in [6.07, 6.45) is 3.47. The van der Waals surface area contributed by atoms with Crippen LogP contribution in [-0.2, 0) is 10.3 Å². The summed E-state index contributed by atoms with van der Waals surface area (Å²) in [5.41, 5.74) is 2.05. The molecule has 0 saturated carbocycles. The van der Waals surface area contributed by atoms with Crippen LogP contribution in [0.25, 0.3) is 11.0 Å². The summed E-state index contributed by atoms with van der Waals surface area (Å²) in [6.45, 7) is 4.33. The van der Waals surface area contributed by atoms with E-state index in [-0.39, 0.29) is 0 Å². The highest BCUT2D eigenvalue weighted by Crippen LogP contribution is 2.42. The maximum absolute atomic E-state index is 6.10. The van der Waals surface area contributed by atoms with E-state index in [1.54, 1.807) is 24.5 Å². The molecule has 0 bridgehead atoms. The summed E-state index contributed by atoms with van der Waals surface area (Å²) in [4.78, 5) is 4.23. The quantitative estimate of drug-likeness (QED) is 0.580. The van der Waals surface area contributed by atoms with E-state index >= 15 is 0 Å². The lowest BCUT2D eigenvalue weighted by Crippen LogP contribution is -2.01. The van der Waals surface area contributed by atoms with Gasteiger partial charge >= 0.3 is 0 Å². The zero-order valence-electron chi connectivity index (χ0n) is 8.63. The molecule has 2 rings (SSSR count). The Bertz CT molecular complexity index is 569. The molecule has 17 heavy (non-hydrogen) atoms. The number of nitrogens with zero attached hydrogens (tertiary/aromatic N) is 2. The van der Waals surface area contributed by atoms with Crippen LogP contribution in [0.5, 0.6) is 0 Å². The summed E-state index contributed by atoms with van der Waals surface area (Å²) in [5, 5.41) is 0.406. The van der Waals surface area contributed by atoms with Crippen molar-refractivity contribution in [2.45, 2.75) is 10.3 Å². The molecule has 90 valence electrons. The number of allylic oxidation sites excluding steroid dienone is 1. The second-order valence-corrected chi connectivity index (χ2v) is 6.19. The molecule has 0 aliphatic carbocycles. The Hall–Kier alpha value is -0.410. The standard InChI is InChI=1S/C11H8Cl4N2/c1-2-3-17-6-16-9-4-7(11(13,14)15)8(12)5-10(9)17/h2,4-6H,1,3H2. The van der Waals surface area contributed by atoms with Gasteiger partial charge in [-0.25, -0.2) is 4.98 Å². The lowest BCUT2D eigenvalue weighted by molar-refractivity contribution is 0.851. The van der Waals surface area contributed by atoms with E-state index in [0.717, 1.165) is 11.0 Å². The predicted molar refractivity (Wildman–Crippen MR) is 74.2 cm³/mol. The van der Waals surface area contributed by atoms with E-state index < -0.39 is 3.79 Å². The minimum atomic E-state index is -1.55. The Balaban J connectivity index is 2.64. The van der Waals surface area contributed by atoms with Crippen LogP contribution in [-0.4, -0.2) is 9.55 Å². The number of fused-ring (bicyclic) bond motifs is 1. The minimum absolute atomic E-state index is 0.406. The van der Waals surface area contributed by atoms with E-state index in [9.17, 15) is 0 Å². The maximum atomic E-state index is 6.10. The molecule has 0 unspecified atom stereocenters. The van der Waals surface area contributed by atoms with Gasteiger partial charge in [-0.05, 0) is 12.1 Å². The van der Waals surface area contributed by atoms with Gasteiger partial charge in [0.2, 0.25) is 3.79 Å².